The first kappa shape index (κ1) is 18.5. The molecule has 0 saturated heterocycles. The zero-order valence-corrected chi connectivity index (χ0v) is 15.0. The molecule has 0 fully saturated rings. The van der Waals surface area contributed by atoms with E-state index in [0.29, 0.717) is 6.61 Å². The van der Waals surface area contributed by atoms with E-state index in [1.54, 1.807) is 0 Å². The Morgan fingerprint density at radius 3 is 2.17 bits per heavy atom. The van der Waals surface area contributed by atoms with Gasteiger partial charge < -0.3 is 14.7 Å². The number of aliphatic hydroxyl groups is 1. The van der Waals surface area contributed by atoms with E-state index in [-0.39, 0.29) is 5.92 Å². The third kappa shape index (κ3) is 5.36. The number of benzene rings is 2. The predicted octanol–water partition coefficient (Wildman–Crippen LogP) is 4.28. The summed E-state index contributed by atoms with van der Waals surface area (Å²) >= 11 is 0. The van der Waals surface area contributed by atoms with Crippen LogP contribution in [0.2, 0.25) is 0 Å². The third-order valence-corrected chi connectivity index (χ3v) is 4.45. The molecule has 3 nitrogen and oxygen atoms in total. The van der Waals surface area contributed by atoms with Gasteiger partial charge in [-0.2, -0.15) is 0 Å². The summed E-state index contributed by atoms with van der Waals surface area (Å²) in [6.45, 7) is 9.90. The van der Waals surface area contributed by atoms with E-state index in [1.165, 1.54) is 0 Å². The fraction of sp³-hybridized carbons (Fsp3) is 0.429. The van der Waals surface area contributed by atoms with Crippen LogP contribution in [0.3, 0.4) is 0 Å². The maximum atomic E-state index is 10.6. The average molecular weight is 327 g/mol. The Bertz CT molecular complexity index is 579. The highest BCUT2D eigenvalue weighted by Crippen LogP contribution is 2.25. The Morgan fingerprint density at radius 1 is 0.958 bits per heavy atom. The van der Waals surface area contributed by atoms with Gasteiger partial charge in [0.1, 0.15) is 12.4 Å². The molecule has 3 heteroatoms. The van der Waals surface area contributed by atoms with Crippen LogP contribution in [0.25, 0.3) is 0 Å². The summed E-state index contributed by atoms with van der Waals surface area (Å²) in [6, 6.07) is 17.9. The molecule has 0 aromatic heterocycles. The molecule has 0 amide bonds. The van der Waals surface area contributed by atoms with Crippen molar-refractivity contribution in [2.45, 2.75) is 33.5 Å². The molecular formula is C21H29NO2. The van der Waals surface area contributed by atoms with Crippen molar-refractivity contribution in [2.75, 3.05) is 19.6 Å². The topological polar surface area (TPSA) is 32.7 Å². The Labute approximate surface area is 145 Å². The molecule has 2 unspecified atom stereocenters. The maximum Gasteiger partial charge on any atom is 0.119 e. The van der Waals surface area contributed by atoms with E-state index in [0.717, 1.165) is 36.5 Å². The van der Waals surface area contributed by atoms with Gasteiger partial charge in [0.2, 0.25) is 0 Å². The first-order valence-corrected chi connectivity index (χ1v) is 8.81. The summed E-state index contributed by atoms with van der Waals surface area (Å²) in [6.07, 6.45) is -0.450. The molecule has 0 aliphatic heterocycles. The summed E-state index contributed by atoms with van der Waals surface area (Å²) in [5.74, 6) is 1.02. The van der Waals surface area contributed by atoms with E-state index >= 15 is 0 Å². The summed E-state index contributed by atoms with van der Waals surface area (Å²) in [4.78, 5) is 2.34. The van der Waals surface area contributed by atoms with Crippen LogP contribution in [0.15, 0.2) is 54.6 Å². The molecule has 0 radical (unpaired) electrons. The minimum atomic E-state index is -0.450. The molecule has 2 aromatic rings. The second kappa shape index (κ2) is 9.45. The maximum absolute atomic E-state index is 10.6. The van der Waals surface area contributed by atoms with Crippen LogP contribution in [0.5, 0.6) is 5.75 Å². The highest BCUT2D eigenvalue weighted by atomic mass is 16.5. The van der Waals surface area contributed by atoms with Crippen molar-refractivity contribution >= 4 is 0 Å². The van der Waals surface area contributed by atoms with Crippen molar-refractivity contribution in [1.29, 1.82) is 0 Å². The Balaban J connectivity index is 1.90. The molecular weight excluding hydrogens is 298 g/mol. The van der Waals surface area contributed by atoms with Gasteiger partial charge in [0.05, 0.1) is 6.10 Å². The third-order valence-electron chi connectivity index (χ3n) is 4.45. The van der Waals surface area contributed by atoms with Crippen LogP contribution in [-0.2, 0) is 6.61 Å². The van der Waals surface area contributed by atoms with Gasteiger partial charge in [-0.25, -0.2) is 0 Å². The number of hydrogen-bond acceptors (Lipinski definition) is 3. The van der Waals surface area contributed by atoms with Gasteiger partial charge in [0, 0.05) is 6.54 Å². The molecule has 0 saturated carbocycles. The van der Waals surface area contributed by atoms with E-state index < -0.39 is 6.10 Å². The molecule has 1 N–H and O–H groups in total. The summed E-state index contributed by atoms with van der Waals surface area (Å²) < 4.78 is 5.80. The van der Waals surface area contributed by atoms with Crippen LogP contribution >= 0.6 is 0 Å². The van der Waals surface area contributed by atoms with E-state index in [9.17, 15) is 5.11 Å². The molecule has 24 heavy (non-hydrogen) atoms. The first-order valence-electron chi connectivity index (χ1n) is 8.81. The molecule has 0 bridgehead atoms. The Morgan fingerprint density at radius 2 is 1.58 bits per heavy atom. The van der Waals surface area contributed by atoms with Crippen molar-refractivity contribution in [1.82, 2.24) is 4.90 Å². The lowest BCUT2D eigenvalue weighted by molar-refractivity contribution is 0.0910. The number of rotatable bonds is 9. The van der Waals surface area contributed by atoms with E-state index in [2.05, 4.69) is 25.7 Å². The monoisotopic (exact) mass is 327 g/mol. The number of aliphatic hydroxyl groups excluding tert-OH is 1. The lowest BCUT2D eigenvalue weighted by Gasteiger charge is -2.26. The normalized spacial score (nSPS) is 13.7. The first-order chi connectivity index (χ1) is 11.6. The Kier molecular flexibility index (Phi) is 7.29. The second-order valence-corrected chi connectivity index (χ2v) is 6.25. The highest BCUT2D eigenvalue weighted by Gasteiger charge is 2.18. The minimum Gasteiger partial charge on any atom is -0.489 e. The van der Waals surface area contributed by atoms with Crippen LogP contribution in [-0.4, -0.2) is 29.6 Å². The van der Waals surface area contributed by atoms with E-state index in [1.807, 2.05) is 54.6 Å². The van der Waals surface area contributed by atoms with Gasteiger partial charge in [-0.1, -0.05) is 63.2 Å². The van der Waals surface area contributed by atoms with Gasteiger partial charge in [-0.3, -0.25) is 0 Å². The summed E-state index contributed by atoms with van der Waals surface area (Å²) in [5, 5.41) is 10.6. The number of hydrogen-bond donors (Lipinski definition) is 1. The summed E-state index contributed by atoms with van der Waals surface area (Å²) in [5.41, 5.74) is 2.09. The molecule has 2 atom stereocenters. The van der Waals surface area contributed by atoms with Gasteiger partial charge in [0.25, 0.3) is 0 Å². The second-order valence-electron chi connectivity index (χ2n) is 6.25. The van der Waals surface area contributed by atoms with Gasteiger partial charge in [-0.15, -0.1) is 0 Å². The Hall–Kier alpha value is -1.84. The van der Waals surface area contributed by atoms with Crippen molar-refractivity contribution in [3.8, 4) is 5.75 Å². The minimum absolute atomic E-state index is 0.195. The van der Waals surface area contributed by atoms with Crippen molar-refractivity contribution in [3.05, 3.63) is 65.7 Å². The SMILES string of the molecule is CCN(CC)CC(C)C(O)c1ccc(OCc2ccccc2)cc1. The van der Waals surface area contributed by atoms with Crippen molar-refractivity contribution in [2.24, 2.45) is 5.92 Å². The number of ether oxygens (including phenoxy) is 1. The van der Waals surface area contributed by atoms with E-state index in [4.69, 9.17) is 4.74 Å². The quantitative estimate of drug-likeness (QED) is 0.746. The highest BCUT2D eigenvalue weighted by molar-refractivity contribution is 5.29. The van der Waals surface area contributed by atoms with Crippen LogP contribution in [0, 0.1) is 5.92 Å². The molecule has 130 valence electrons. The zero-order valence-electron chi connectivity index (χ0n) is 15.0. The van der Waals surface area contributed by atoms with Gasteiger partial charge in [0.15, 0.2) is 0 Å². The predicted molar refractivity (Wildman–Crippen MR) is 99.1 cm³/mol. The van der Waals surface area contributed by atoms with Crippen molar-refractivity contribution in [3.63, 3.8) is 0 Å². The summed E-state index contributed by atoms with van der Waals surface area (Å²) in [7, 11) is 0. The molecule has 2 aromatic carbocycles. The average Bonchev–Trinajstić information content (AvgIpc) is 2.65. The number of nitrogens with zero attached hydrogens (tertiary/aromatic N) is 1. The fourth-order valence-corrected chi connectivity index (χ4v) is 2.82. The van der Waals surface area contributed by atoms with Crippen LogP contribution in [0.4, 0.5) is 0 Å². The van der Waals surface area contributed by atoms with Gasteiger partial charge in [-0.05, 0) is 42.3 Å². The molecule has 0 spiro atoms. The fourth-order valence-electron chi connectivity index (χ4n) is 2.82. The molecule has 2 rings (SSSR count). The molecule has 0 heterocycles. The zero-order chi connectivity index (χ0) is 17.4. The largest absolute Gasteiger partial charge is 0.489 e. The van der Waals surface area contributed by atoms with Crippen molar-refractivity contribution < 1.29 is 9.84 Å². The van der Waals surface area contributed by atoms with Crippen LogP contribution < -0.4 is 4.74 Å². The standard InChI is InChI=1S/C21H29NO2/c1-4-22(5-2)15-17(3)21(23)19-11-13-20(14-12-19)24-16-18-9-7-6-8-10-18/h6-14,17,21,23H,4-5,15-16H2,1-3H3. The lowest BCUT2D eigenvalue weighted by atomic mass is 9.97. The van der Waals surface area contributed by atoms with Crippen LogP contribution in [0.1, 0.15) is 38.0 Å². The smallest absolute Gasteiger partial charge is 0.119 e. The van der Waals surface area contributed by atoms with Gasteiger partial charge >= 0.3 is 0 Å². The molecule has 0 aliphatic carbocycles. The lowest BCUT2D eigenvalue weighted by Crippen LogP contribution is -2.30. The molecule has 0 aliphatic rings.